The Bertz CT molecular complexity index is 1250. The van der Waals surface area contributed by atoms with Gasteiger partial charge in [-0.05, 0) is 41.5 Å². The number of carbonyl (C=O) groups is 1. The summed E-state index contributed by atoms with van der Waals surface area (Å²) in [6, 6.07) is 17.6. The Hall–Kier alpha value is -3.84. The Balaban J connectivity index is 1.41. The molecule has 150 valence electrons. The fourth-order valence-corrected chi connectivity index (χ4v) is 3.52. The largest absolute Gasteiger partial charge is 0.486 e. The Morgan fingerprint density at radius 3 is 2.43 bits per heavy atom. The number of hydrogen-bond acceptors (Lipinski definition) is 5. The van der Waals surface area contributed by atoms with E-state index in [1.807, 2.05) is 30.3 Å². The maximum Gasteiger partial charge on any atom is 0.335 e. The number of aromatic carboxylic acids is 1. The highest BCUT2D eigenvalue weighted by Gasteiger charge is 2.17. The number of aromatic amines is 1. The minimum atomic E-state index is -0.987. The summed E-state index contributed by atoms with van der Waals surface area (Å²) in [5, 5.41) is 19.9. The van der Waals surface area contributed by atoms with Gasteiger partial charge < -0.3 is 24.7 Å². The molecular formula is C23H18N2O5. The van der Waals surface area contributed by atoms with Gasteiger partial charge in [-0.3, -0.25) is 0 Å². The molecule has 0 radical (unpaired) electrons. The summed E-state index contributed by atoms with van der Waals surface area (Å²) in [6.45, 7) is 1.02. The van der Waals surface area contributed by atoms with Crippen molar-refractivity contribution >= 4 is 17.0 Å². The number of benzene rings is 3. The van der Waals surface area contributed by atoms with E-state index in [1.165, 1.54) is 6.07 Å². The number of rotatable bonds is 4. The number of nitrogens with one attached hydrogen (secondary N) is 1. The number of carboxylic acids is 1. The number of fused-ring (bicyclic) bond motifs is 2. The van der Waals surface area contributed by atoms with Crippen LogP contribution in [0.3, 0.4) is 0 Å². The third-order valence-corrected chi connectivity index (χ3v) is 5.11. The topological polar surface area (TPSA) is 105 Å². The van der Waals surface area contributed by atoms with Gasteiger partial charge in [0.1, 0.15) is 25.1 Å². The number of carboxylic acid groups (broad SMARTS) is 1. The number of hydrogen-bond donors (Lipinski definition) is 3. The van der Waals surface area contributed by atoms with Crippen LogP contribution in [-0.2, 0) is 0 Å². The molecule has 2 heterocycles. The van der Waals surface area contributed by atoms with Crippen molar-refractivity contribution < 1.29 is 24.5 Å². The first-order valence-corrected chi connectivity index (χ1v) is 9.49. The van der Waals surface area contributed by atoms with Crippen LogP contribution in [-0.4, -0.2) is 39.4 Å². The SMILES string of the molecule is O=C(O)c1ccc2[nH]c(-c3ccc(C(O)c4ccc5c(c4)OCCO5)cc3)nc2c1. The minimum absolute atomic E-state index is 0.193. The number of aliphatic hydroxyl groups excluding tert-OH is 1. The van der Waals surface area contributed by atoms with Gasteiger partial charge in [0.2, 0.25) is 0 Å². The molecule has 3 N–H and O–H groups in total. The standard InChI is InChI=1S/C23H18N2O5/c26-21(15-6-8-19-20(12-15)30-10-9-29-19)13-1-3-14(4-2-13)22-24-17-7-5-16(23(27)28)11-18(17)25-22/h1-8,11-12,21,26H,9-10H2,(H,24,25)(H,27,28). The van der Waals surface area contributed by atoms with Gasteiger partial charge >= 0.3 is 5.97 Å². The number of nitrogens with zero attached hydrogens (tertiary/aromatic N) is 1. The third kappa shape index (κ3) is 3.25. The maximum absolute atomic E-state index is 11.1. The molecule has 1 aliphatic heterocycles. The molecule has 1 aliphatic rings. The second-order valence-corrected chi connectivity index (χ2v) is 7.05. The Morgan fingerprint density at radius 2 is 1.67 bits per heavy atom. The molecule has 0 saturated heterocycles. The van der Waals surface area contributed by atoms with Crippen LogP contribution in [0.4, 0.5) is 0 Å². The molecule has 1 atom stereocenters. The fourth-order valence-electron chi connectivity index (χ4n) is 3.52. The van der Waals surface area contributed by atoms with Gasteiger partial charge in [0.15, 0.2) is 11.5 Å². The van der Waals surface area contributed by atoms with Crippen molar-refractivity contribution in [2.45, 2.75) is 6.10 Å². The summed E-state index contributed by atoms with van der Waals surface area (Å²) < 4.78 is 11.1. The predicted molar refractivity (Wildman–Crippen MR) is 110 cm³/mol. The first-order chi connectivity index (χ1) is 14.6. The molecule has 1 unspecified atom stereocenters. The minimum Gasteiger partial charge on any atom is -0.486 e. The maximum atomic E-state index is 11.1. The van der Waals surface area contributed by atoms with Gasteiger partial charge in [0.05, 0.1) is 16.6 Å². The number of aromatic nitrogens is 2. The highest BCUT2D eigenvalue weighted by molar-refractivity contribution is 5.93. The first-order valence-electron chi connectivity index (χ1n) is 9.49. The van der Waals surface area contributed by atoms with Crippen LogP contribution in [0.5, 0.6) is 11.5 Å². The van der Waals surface area contributed by atoms with Crippen LogP contribution in [0.2, 0.25) is 0 Å². The number of imidazole rings is 1. The molecule has 0 amide bonds. The number of H-pyrrole nitrogens is 1. The second-order valence-electron chi connectivity index (χ2n) is 7.05. The van der Waals surface area contributed by atoms with Crippen LogP contribution in [0, 0.1) is 0 Å². The van der Waals surface area contributed by atoms with E-state index in [-0.39, 0.29) is 5.56 Å². The molecule has 30 heavy (non-hydrogen) atoms. The van der Waals surface area contributed by atoms with E-state index in [0.29, 0.717) is 36.1 Å². The van der Waals surface area contributed by atoms with Crippen LogP contribution in [0.15, 0.2) is 60.7 Å². The van der Waals surface area contributed by atoms with E-state index in [1.54, 1.807) is 24.3 Å². The van der Waals surface area contributed by atoms with E-state index < -0.39 is 12.1 Å². The smallest absolute Gasteiger partial charge is 0.335 e. The molecule has 7 nitrogen and oxygen atoms in total. The number of aliphatic hydroxyl groups is 1. The average molecular weight is 402 g/mol. The van der Waals surface area contributed by atoms with Gasteiger partial charge in [0, 0.05) is 5.56 Å². The van der Waals surface area contributed by atoms with Crippen molar-refractivity contribution in [1.29, 1.82) is 0 Å². The van der Waals surface area contributed by atoms with Gasteiger partial charge in [-0.1, -0.05) is 30.3 Å². The van der Waals surface area contributed by atoms with Gasteiger partial charge in [0.25, 0.3) is 0 Å². The van der Waals surface area contributed by atoms with Crippen molar-refractivity contribution in [3.63, 3.8) is 0 Å². The van der Waals surface area contributed by atoms with Crippen LogP contribution in [0.1, 0.15) is 27.6 Å². The normalized spacial score (nSPS) is 13.9. The lowest BCUT2D eigenvalue weighted by atomic mass is 10.00. The first kappa shape index (κ1) is 18.2. The molecule has 0 bridgehead atoms. The van der Waals surface area contributed by atoms with Crippen LogP contribution >= 0.6 is 0 Å². The molecule has 0 fully saturated rings. The van der Waals surface area contributed by atoms with Crippen LogP contribution < -0.4 is 9.47 Å². The highest BCUT2D eigenvalue weighted by atomic mass is 16.6. The van der Waals surface area contributed by atoms with Crippen molar-refractivity contribution in [1.82, 2.24) is 9.97 Å². The monoisotopic (exact) mass is 402 g/mol. The van der Waals surface area contributed by atoms with Gasteiger partial charge in [-0.25, -0.2) is 9.78 Å². The van der Waals surface area contributed by atoms with Crippen molar-refractivity contribution in [2.24, 2.45) is 0 Å². The Morgan fingerprint density at radius 1 is 0.933 bits per heavy atom. The fraction of sp³-hybridized carbons (Fsp3) is 0.130. The van der Waals surface area contributed by atoms with E-state index in [2.05, 4.69) is 9.97 Å². The zero-order valence-electron chi connectivity index (χ0n) is 15.8. The van der Waals surface area contributed by atoms with Crippen LogP contribution in [0.25, 0.3) is 22.4 Å². The Labute approximate surface area is 171 Å². The predicted octanol–water partition coefficient (Wildman–Crippen LogP) is 3.78. The summed E-state index contributed by atoms with van der Waals surface area (Å²) in [4.78, 5) is 18.8. The molecule has 7 heteroatoms. The zero-order chi connectivity index (χ0) is 20.7. The number of ether oxygens (including phenoxy) is 2. The van der Waals surface area contributed by atoms with Crippen molar-refractivity contribution in [3.8, 4) is 22.9 Å². The van der Waals surface area contributed by atoms with Crippen molar-refractivity contribution in [3.05, 3.63) is 77.4 Å². The summed E-state index contributed by atoms with van der Waals surface area (Å²) >= 11 is 0. The molecule has 1 aromatic heterocycles. The summed E-state index contributed by atoms with van der Waals surface area (Å²) in [7, 11) is 0. The zero-order valence-corrected chi connectivity index (χ0v) is 15.8. The summed E-state index contributed by atoms with van der Waals surface area (Å²) in [5.41, 5.74) is 3.83. The second kappa shape index (κ2) is 7.20. The van der Waals surface area contributed by atoms with Crippen molar-refractivity contribution in [2.75, 3.05) is 13.2 Å². The lowest BCUT2D eigenvalue weighted by molar-refractivity contribution is 0.0697. The summed E-state index contributed by atoms with van der Waals surface area (Å²) in [5.74, 6) is 0.966. The molecule has 3 aromatic carbocycles. The van der Waals surface area contributed by atoms with E-state index in [9.17, 15) is 9.90 Å². The lowest BCUT2D eigenvalue weighted by Crippen LogP contribution is -2.15. The van der Waals surface area contributed by atoms with E-state index in [0.717, 1.165) is 22.2 Å². The highest BCUT2D eigenvalue weighted by Crippen LogP contribution is 2.34. The molecule has 0 aliphatic carbocycles. The van der Waals surface area contributed by atoms with Gasteiger partial charge in [-0.2, -0.15) is 0 Å². The summed E-state index contributed by atoms with van der Waals surface area (Å²) in [6.07, 6.45) is -0.802. The lowest BCUT2D eigenvalue weighted by Gasteiger charge is -2.20. The molecular weight excluding hydrogens is 384 g/mol. The molecule has 0 spiro atoms. The van der Waals surface area contributed by atoms with E-state index >= 15 is 0 Å². The average Bonchev–Trinajstić information content (AvgIpc) is 3.22. The molecule has 5 rings (SSSR count). The Kier molecular flexibility index (Phi) is 4.37. The molecule has 0 saturated carbocycles. The van der Waals surface area contributed by atoms with E-state index in [4.69, 9.17) is 14.6 Å². The third-order valence-electron chi connectivity index (χ3n) is 5.11. The molecule has 4 aromatic rings. The quantitative estimate of drug-likeness (QED) is 0.480. The van der Waals surface area contributed by atoms with Gasteiger partial charge in [-0.15, -0.1) is 0 Å².